The molecule has 13 heteroatoms. The number of anilines is 1. The van der Waals surface area contributed by atoms with Gasteiger partial charge in [-0.1, -0.05) is 0 Å². The molecule has 1 fully saturated rings. The molecule has 36 heavy (non-hydrogen) atoms. The van der Waals surface area contributed by atoms with Crippen molar-refractivity contribution in [2.45, 2.75) is 25.6 Å². The number of rotatable bonds is 11. The first-order chi connectivity index (χ1) is 17.0. The van der Waals surface area contributed by atoms with Crippen LogP contribution < -0.4 is 4.90 Å². The van der Waals surface area contributed by atoms with Gasteiger partial charge in [-0.15, -0.1) is 0 Å². The quantitative estimate of drug-likeness (QED) is 0.487. The number of nitrogens with zero attached hydrogens (tertiary/aromatic N) is 5. The zero-order valence-electron chi connectivity index (χ0n) is 20.8. The molecule has 1 N–H and O–H groups in total. The predicted octanol–water partition coefficient (Wildman–Crippen LogP) is 2.79. The molecule has 0 aliphatic heterocycles. The molecule has 200 valence electrons. The Hall–Kier alpha value is -3.19. The van der Waals surface area contributed by atoms with Crippen LogP contribution in [-0.4, -0.2) is 97.2 Å². The number of carbonyl (C=O) groups excluding carboxylic acids is 1. The predicted molar refractivity (Wildman–Crippen MR) is 126 cm³/mol. The fourth-order valence-electron chi connectivity index (χ4n) is 3.16. The van der Waals surface area contributed by atoms with E-state index in [1.54, 1.807) is 31.5 Å². The second kappa shape index (κ2) is 13.2. The SMILES string of the molecule is COCCN(CCOC)C(=O)c1cc(-c2cnc(N(C)C)nc2)cn1CC1CC1.O=C(O)C(F)(F)F. The van der Waals surface area contributed by atoms with Gasteiger partial charge >= 0.3 is 12.1 Å². The van der Waals surface area contributed by atoms with E-state index in [9.17, 15) is 18.0 Å². The van der Waals surface area contributed by atoms with Crippen LogP contribution in [0.5, 0.6) is 0 Å². The lowest BCUT2D eigenvalue weighted by Crippen LogP contribution is -2.37. The standard InChI is InChI=1S/C21H31N5O3.C2HF3O2/c1-24(2)21-22-12-18(13-23-21)17-11-19(26(15-17)14-16-5-6-16)20(27)25(7-9-28-3)8-10-29-4;3-2(4,5)1(6)7/h11-13,15-16H,5-10,14H2,1-4H3;(H,6,7). The molecule has 2 heterocycles. The van der Waals surface area contributed by atoms with E-state index in [2.05, 4.69) is 14.5 Å². The van der Waals surface area contributed by atoms with Gasteiger partial charge in [0.1, 0.15) is 5.69 Å². The molecule has 0 saturated heterocycles. The molecule has 10 nitrogen and oxygen atoms in total. The highest BCUT2D eigenvalue weighted by molar-refractivity contribution is 5.94. The maximum Gasteiger partial charge on any atom is 0.490 e. The molecule has 1 amide bonds. The van der Waals surface area contributed by atoms with E-state index in [1.165, 1.54) is 12.8 Å². The lowest BCUT2D eigenvalue weighted by molar-refractivity contribution is -0.192. The van der Waals surface area contributed by atoms with Crippen LogP contribution in [0.25, 0.3) is 11.1 Å². The number of carbonyl (C=O) groups is 2. The van der Waals surface area contributed by atoms with Gasteiger partial charge < -0.3 is 28.9 Å². The third kappa shape index (κ3) is 8.79. The van der Waals surface area contributed by atoms with E-state index in [0.29, 0.717) is 43.9 Å². The average Bonchev–Trinajstić information content (AvgIpc) is 3.55. The third-order valence-electron chi connectivity index (χ3n) is 5.30. The molecule has 1 saturated carbocycles. The Bertz CT molecular complexity index is 983. The molecule has 0 radical (unpaired) electrons. The summed E-state index contributed by atoms with van der Waals surface area (Å²) >= 11 is 0. The van der Waals surface area contributed by atoms with Crippen molar-refractivity contribution < 1.29 is 37.3 Å². The van der Waals surface area contributed by atoms with Crippen molar-refractivity contribution in [1.29, 1.82) is 0 Å². The van der Waals surface area contributed by atoms with Crippen LogP contribution in [0, 0.1) is 5.92 Å². The molecule has 1 aliphatic rings. The third-order valence-corrected chi connectivity index (χ3v) is 5.30. The minimum atomic E-state index is -5.08. The molecule has 0 atom stereocenters. The van der Waals surface area contributed by atoms with Crippen molar-refractivity contribution in [2.75, 3.05) is 59.5 Å². The van der Waals surface area contributed by atoms with Crippen LogP contribution in [0.15, 0.2) is 24.7 Å². The van der Waals surface area contributed by atoms with Crippen molar-refractivity contribution >= 4 is 17.8 Å². The highest BCUT2D eigenvalue weighted by Gasteiger charge is 2.38. The Morgan fingerprint density at radius 2 is 1.61 bits per heavy atom. The lowest BCUT2D eigenvalue weighted by Gasteiger charge is -2.22. The number of alkyl halides is 3. The van der Waals surface area contributed by atoms with Crippen LogP contribution in [0.3, 0.4) is 0 Å². The van der Waals surface area contributed by atoms with Gasteiger partial charge in [0.15, 0.2) is 0 Å². The van der Waals surface area contributed by atoms with Gasteiger partial charge in [-0.2, -0.15) is 13.2 Å². The molecule has 0 aromatic carbocycles. The Morgan fingerprint density at radius 3 is 2.03 bits per heavy atom. The zero-order chi connectivity index (χ0) is 26.9. The van der Waals surface area contributed by atoms with Crippen LogP contribution in [0.2, 0.25) is 0 Å². The molecule has 0 bridgehead atoms. The van der Waals surface area contributed by atoms with E-state index in [-0.39, 0.29) is 5.91 Å². The summed E-state index contributed by atoms with van der Waals surface area (Å²) in [4.78, 5) is 34.7. The minimum Gasteiger partial charge on any atom is -0.475 e. The van der Waals surface area contributed by atoms with Crippen LogP contribution in [-0.2, 0) is 20.8 Å². The second-order valence-corrected chi connectivity index (χ2v) is 8.46. The Balaban J connectivity index is 0.000000572. The number of methoxy groups -OCH3 is 2. The van der Waals surface area contributed by atoms with Crippen molar-refractivity contribution in [2.24, 2.45) is 5.92 Å². The summed E-state index contributed by atoms with van der Waals surface area (Å²) in [6.45, 7) is 2.91. The Labute approximate surface area is 207 Å². The number of halogens is 3. The minimum absolute atomic E-state index is 0.00294. The summed E-state index contributed by atoms with van der Waals surface area (Å²) in [5.74, 6) is -1.45. The molecule has 1 aliphatic carbocycles. The van der Waals surface area contributed by atoms with Gasteiger partial charge in [0, 0.05) is 77.7 Å². The summed E-state index contributed by atoms with van der Waals surface area (Å²) in [5, 5.41) is 7.12. The highest BCUT2D eigenvalue weighted by atomic mass is 19.4. The van der Waals surface area contributed by atoms with Gasteiger partial charge in [-0.25, -0.2) is 14.8 Å². The first kappa shape index (κ1) is 29.0. The number of aliphatic carboxylic acids is 1. The molecular formula is C23H32F3N5O5. The van der Waals surface area contributed by atoms with Crippen LogP contribution in [0.4, 0.5) is 19.1 Å². The summed E-state index contributed by atoms with van der Waals surface area (Å²) < 4.78 is 44.2. The van der Waals surface area contributed by atoms with Crippen molar-refractivity contribution in [3.8, 4) is 11.1 Å². The monoisotopic (exact) mass is 515 g/mol. The largest absolute Gasteiger partial charge is 0.490 e. The number of amides is 1. The first-order valence-electron chi connectivity index (χ1n) is 11.2. The maximum absolute atomic E-state index is 13.3. The lowest BCUT2D eigenvalue weighted by atomic mass is 10.2. The van der Waals surface area contributed by atoms with E-state index in [4.69, 9.17) is 19.4 Å². The molecule has 2 aromatic rings. The van der Waals surface area contributed by atoms with Crippen LogP contribution >= 0.6 is 0 Å². The van der Waals surface area contributed by atoms with E-state index < -0.39 is 12.1 Å². The topological polar surface area (TPSA) is 110 Å². The van der Waals surface area contributed by atoms with Gasteiger partial charge in [-0.3, -0.25) is 4.79 Å². The van der Waals surface area contributed by atoms with Crippen molar-refractivity contribution in [3.05, 3.63) is 30.4 Å². The average molecular weight is 516 g/mol. The Morgan fingerprint density at radius 1 is 1.08 bits per heavy atom. The fourth-order valence-corrected chi connectivity index (χ4v) is 3.16. The number of hydrogen-bond donors (Lipinski definition) is 1. The number of ether oxygens (including phenoxy) is 2. The zero-order valence-corrected chi connectivity index (χ0v) is 20.8. The summed E-state index contributed by atoms with van der Waals surface area (Å²) in [5.41, 5.74) is 2.55. The number of hydrogen-bond acceptors (Lipinski definition) is 7. The van der Waals surface area contributed by atoms with Gasteiger partial charge in [-0.05, 0) is 24.8 Å². The number of aromatic nitrogens is 3. The first-order valence-corrected chi connectivity index (χ1v) is 11.2. The number of carboxylic acid groups (broad SMARTS) is 1. The van der Waals surface area contributed by atoms with Crippen LogP contribution in [0.1, 0.15) is 23.3 Å². The molecule has 0 unspecified atom stereocenters. The normalized spacial score (nSPS) is 13.1. The van der Waals surface area contributed by atoms with Gasteiger partial charge in [0.05, 0.1) is 13.2 Å². The molecular weight excluding hydrogens is 483 g/mol. The Kier molecular flexibility index (Phi) is 10.7. The van der Waals surface area contributed by atoms with E-state index in [0.717, 1.165) is 17.7 Å². The summed E-state index contributed by atoms with van der Waals surface area (Å²) in [6.07, 6.45) is 3.02. The summed E-state index contributed by atoms with van der Waals surface area (Å²) in [7, 11) is 7.10. The van der Waals surface area contributed by atoms with Gasteiger partial charge in [0.2, 0.25) is 5.95 Å². The second-order valence-electron chi connectivity index (χ2n) is 8.46. The van der Waals surface area contributed by atoms with Gasteiger partial charge in [0.25, 0.3) is 5.91 Å². The van der Waals surface area contributed by atoms with Crippen molar-refractivity contribution in [1.82, 2.24) is 19.4 Å². The highest BCUT2D eigenvalue weighted by Crippen LogP contribution is 2.33. The summed E-state index contributed by atoms with van der Waals surface area (Å²) in [6, 6.07) is 1.95. The smallest absolute Gasteiger partial charge is 0.475 e. The maximum atomic E-state index is 13.3. The van der Waals surface area contributed by atoms with E-state index >= 15 is 0 Å². The molecule has 3 rings (SSSR count). The molecule has 2 aromatic heterocycles. The fraction of sp³-hybridized carbons (Fsp3) is 0.565. The van der Waals surface area contributed by atoms with Crippen molar-refractivity contribution in [3.63, 3.8) is 0 Å². The number of carboxylic acids is 1. The van der Waals surface area contributed by atoms with E-state index in [1.807, 2.05) is 31.3 Å². The molecule has 0 spiro atoms.